The molecule has 0 atom stereocenters. The highest BCUT2D eigenvalue weighted by Crippen LogP contribution is 2.36. The molecule has 0 saturated carbocycles. The maximum atomic E-state index is 13.7. The number of morpholine rings is 1. The number of nitrogens with zero attached hydrogens (tertiary/aromatic N) is 2. The van der Waals surface area contributed by atoms with E-state index in [1.165, 1.54) is 4.90 Å². The molecule has 0 aliphatic carbocycles. The molecule has 0 bridgehead atoms. The first-order valence-electron chi connectivity index (χ1n) is 10.1. The average molecular weight is 393 g/mol. The van der Waals surface area contributed by atoms with Crippen LogP contribution < -0.4 is 5.32 Å². The summed E-state index contributed by atoms with van der Waals surface area (Å²) >= 11 is 0. The smallest absolute Gasteiger partial charge is 0.325 e. The monoisotopic (exact) mass is 393 g/mol. The lowest BCUT2D eigenvalue weighted by Gasteiger charge is -2.29. The van der Waals surface area contributed by atoms with Gasteiger partial charge in [-0.15, -0.1) is 0 Å². The van der Waals surface area contributed by atoms with Gasteiger partial charge in [0.05, 0.1) is 13.2 Å². The van der Waals surface area contributed by atoms with Crippen molar-refractivity contribution in [3.05, 3.63) is 70.8 Å². The largest absolute Gasteiger partial charge is 0.379 e. The molecule has 0 spiro atoms. The van der Waals surface area contributed by atoms with Crippen LogP contribution in [0.5, 0.6) is 0 Å². The van der Waals surface area contributed by atoms with Gasteiger partial charge in [0.15, 0.2) is 5.54 Å². The van der Waals surface area contributed by atoms with E-state index in [2.05, 4.69) is 10.2 Å². The van der Waals surface area contributed by atoms with Crippen molar-refractivity contribution in [1.29, 1.82) is 0 Å². The zero-order valence-corrected chi connectivity index (χ0v) is 17.0. The van der Waals surface area contributed by atoms with Crippen molar-refractivity contribution in [3.8, 4) is 0 Å². The maximum absolute atomic E-state index is 13.7. The van der Waals surface area contributed by atoms with Crippen molar-refractivity contribution >= 4 is 11.9 Å². The summed E-state index contributed by atoms with van der Waals surface area (Å²) in [6, 6.07) is 15.3. The van der Waals surface area contributed by atoms with E-state index in [1.807, 2.05) is 62.4 Å². The Hall–Kier alpha value is -2.70. The second kappa shape index (κ2) is 7.97. The summed E-state index contributed by atoms with van der Waals surface area (Å²) < 4.78 is 5.38. The SMILES string of the molecule is Cc1ccc(C2(c3ccc(C)cc3)NC(=O)N(CCN3CCOCC3)C2=O)cc1. The molecule has 4 rings (SSSR count). The van der Waals surface area contributed by atoms with Crippen LogP contribution in [0.25, 0.3) is 0 Å². The van der Waals surface area contributed by atoms with Crippen molar-refractivity contribution < 1.29 is 14.3 Å². The number of hydrogen-bond acceptors (Lipinski definition) is 4. The van der Waals surface area contributed by atoms with E-state index >= 15 is 0 Å². The molecule has 0 unspecified atom stereocenters. The highest BCUT2D eigenvalue weighted by Gasteiger charge is 2.53. The summed E-state index contributed by atoms with van der Waals surface area (Å²) in [7, 11) is 0. The van der Waals surface area contributed by atoms with Crippen LogP contribution in [0, 0.1) is 13.8 Å². The lowest BCUT2D eigenvalue weighted by atomic mass is 9.82. The molecule has 2 saturated heterocycles. The summed E-state index contributed by atoms with van der Waals surface area (Å²) in [4.78, 5) is 30.2. The molecule has 2 aromatic carbocycles. The molecular weight excluding hydrogens is 366 g/mol. The normalized spacial score (nSPS) is 19.4. The Balaban J connectivity index is 1.67. The zero-order chi connectivity index (χ0) is 20.4. The fourth-order valence-electron chi connectivity index (χ4n) is 4.01. The fraction of sp³-hybridized carbons (Fsp3) is 0.391. The van der Waals surface area contributed by atoms with E-state index in [4.69, 9.17) is 4.74 Å². The summed E-state index contributed by atoms with van der Waals surface area (Å²) in [6.07, 6.45) is 0. The maximum Gasteiger partial charge on any atom is 0.325 e. The predicted molar refractivity (Wildman–Crippen MR) is 111 cm³/mol. The van der Waals surface area contributed by atoms with Crippen molar-refractivity contribution in [2.45, 2.75) is 19.4 Å². The highest BCUT2D eigenvalue weighted by atomic mass is 16.5. The Kier molecular flexibility index (Phi) is 5.39. The molecule has 29 heavy (non-hydrogen) atoms. The third-order valence-corrected chi connectivity index (χ3v) is 5.82. The Morgan fingerprint density at radius 2 is 1.38 bits per heavy atom. The lowest BCUT2D eigenvalue weighted by Crippen LogP contribution is -2.46. The summed E-state index contributed by atoms with van der Waals surface area (Å²) in [5.41, 5.74) is 2.57. The van der Waals surface area contributed by atoms with Gasteiger partial charge in [-0.3, -0.25) is 14.6 Å². The summed E-state index contributed by atoms with van der Waals surface area (Å²) in [6.45, 7) is 8.06. The molecule has 2 fully saturated rings. The molecule has 2 heterocycles. The van der Waals surface area contributed by atoms with Crippen LogP contribution in [0.2, 0.25) is 0 Å². The Labute approximate surface area is 171 Å². The van der Waals surface area contributed by atoms with E-state index in [0.29, 0.717) is 26.3 Å². The number of imide groups is 1. The van der Waals surface area contributed by atoms with Crippen LogP contribution in [0.15, 0.2) is 48.5 Å². The number of hydrogen-bond donors (Lipinski definition) is 1. The fourth-order valence-corrected chi connectivity index (χ4v) is 4.01. The quantitative estimate of drug-likeness (QED) is 0.793. The van der Waals surface area contributed by atoms with Crippen LogP contribution in [-0.2, 0) is 15.1 Å². The number of ether oxygens (including phenoxy) is 1. The average Bonchev–Trinajstić information content (AvgIpc) is 2.99. The van der Waals surface area contributed by atoms with Crippen LogP contribution in [0.3, 0.4) is 0 Å². The number of urea groups is 1. The van der Waals surface area contributed by atoms with Gasteiger partial charge in [-0.25, -0.2) is 4.79 Å². The van der Waals surface area contributed by atoms with Gasteiger partial charge in [-0.1, -0.05) is 59.7 Å². The summed E-state index contributed by atoms with van der Waals surface area (Å²) in [5.74, 6) is -0.219. The number of aryl methyl sites for hydroxylation is 2. The molecule has 6 nitrogen and oxygen atoms in total. The predicted octanol–water partition coefficient (Wildman–Crippen LogP) is 2.43. The van der Waals surface area contributed by atoms with E-state index in [0.717, 1.165) is 35.3 Å². The van der Waals surface area contributed by atoms with E-state index < -0.39 is 5.54 Å². The standard InChI is InChI=1S/C23H27N3O3/c1-17-3-7-19(8-4-17)23(20-9-5-18(2)6-10-20)21(27)26(22(28)24-23)12-11-25-13-15-29-16-14-25/h3-10H,11-16H2,1-2H3,(H,24,28). The van der Waals surface area contributed by atoms with Gasteiger partial charge in [0.25, 0.3) is 5.91 Å². The molecule has 6 heteroatoms. The van der Waals surface area contributed by atoms with Crippen LogP contribution in [0.4, 0.5) is 4.79 Å². The molecule has 3 amide bonds. The van der Waals surface area contributed by atoms with Crippen molar-refractivity contribution in [2.75, 3.05) is 39.4 Å². The topological polar surface area (TPSA) is 61.9 Å². The van der Waals surface area contributed by atoms with Crippen molar-refractivity contribution in [3.63, 3.8) is 0 Å². The van der Waals surface area contributed by atoms with Gasteiger partial charge < -0.3 is 10.1 Å². The zero-order valence-electron chi connectivity index (χ0n) is 17.0. The summed E-state index contributed by atoms with van der Waals surface area (Å²) in [5, 5.41) is 3.02. The molecule has 0 aromatic heterocycles. The Bertz CT molecular complexity index is 841. The van der Waals surface area contributed by atoms with Gasteiger partial charge in [0.2, 0.25) is 0 Å². The van der Waals surface area contributed by atoms with Crippen molar-refractivity contribution in [2.24, 2.45) is 0 Å². The highest BCUT2D eigenvalue weighted by molar-refractivity contribution is 6.09. The van der Waals surface area contributed by atoms with Gasteiger partial charge in [-0.2, -0.15) is 0 Å². The second-order valence-electron chi connectivity index (χ2n) is 7.82. The molecular formula is C23H27N3O3. The number of carbonyl (C=O) groups is 2. The van der Waals surface area contributed by atoms with Gasteiger partial charge in [0.1, 0.15) is 0 Å². The Morgan fingerprint density at radius 3 is 1.90 bits per heavy atom. The van der Waals surface area contributed by atoms with Crippen LogP contribution in [-0.4, -0.2) is 61.1 Å². The Morgan fingerprint density at radius 1 is 0.862 bits per heavy atom. The van der Waals surface area contributed by atoms with E-state index in [9.17, 15) is 9.59 Å². The molecule has 2 aliphatic heterocycles. The third-order valence-electron chi connectivity index (χ3n) is 5.82. The molecule has 2 aromatic rings. The third kappa shape index (κ3) is 3.66. The van der Waals surface area contributed by atoms with Crippen LogP contribution in [0.1, 0.15) is 22.3 Å². The number of nitrogens with one attached hydrogen (secondary N) is 1. The first-order chi connectivity index (χ1) is 14.0. The van der Waals surface area contributed by atoms with Crippen LogP contribution >= 0.6 is 0 Å². The number of carbonyl (C=O) groups excluding carboxylic acids is 2. The lowest BCUT2D eigenvalue weighted by molar-refractivity contribution is -0.130. The van der Waals surface area contributed by atoms with Gasteiger partial charge >= 0.3 is 6.03 Å². The van der Waals surface area contributed by atoms with E-state index in [1.54, 1.807) is 0 Å². The minimum absolute atomic E-state index is 0.219. The minimum Gasteiger partial charge on any atom is -0.379 e. The number of amides is 3. The molecule has 152 valence electrons. The number of benzene rings is 2. The first-order valence-corrected chi connectivity index (χ1v) is 10.1. The molecule has 2 aliphatic rings. The second-order valence-corrected chi connectivity index (χ2v) is 7.82. The van der Waals surface area contributed by atoms with Gasteiger partial charge in [-0.05, 0) is 25.0 Å². The van der Waals surface area contributed by atoms with Crippen molar-refractivity contribution in [1.82, 2.24) is 15.1 Å². The molecule has 0 radical (unpaired) electrons. The number of rotatable bonds is 5. The molecule has 1 N–H and O–H groups in total. The first kappa shape index (κ1) is 19.6. The van der Waals surface area contributed by atoms with Gasteiger partial charge in [0, 0.05) is 26.2 Å². The minimum atomic E-state index is -1.19. The van der Waals surface area contributed by atoms with E-state index in [-0.39, 0.29) is 11.9 Å².